The maximum Gasteiger partial charge on any atom is 0.243 e. The fourth-order valence-electron chi connectivity index (χ4n) is 2.33. The lowest BCUT2D eigenvalue weighted by molar-refractivity contribution is -0.114. The minimum atomic E-state index is -0.134. The van der Waals surface area contributed by atoms with Crippen LogP contribution in [0, 0.1) is 0 Å². The average molecular weight is 372 g/mol. The van der Waals surface area contributed by atoms with E-state index in [0.29, 0.717) is 32.1 Å². The third kappa shape index (κ3) is 8.00. The summed E-state index contributed by atoms with van der Waals surface area (Å²) in [7, 11) is 0. The Kier molecular flexibility index (Phi) is 9.00. The molecule has 0 saturated heterocycles. The lowest BCUT2D eigenvalue weighted by Crippen LogP contribution is -2.21. The molecule has 0 aliphatic heterocycles. The van der Waals surface area contributed by atoms with Crippen molar-refractivity contribution in [2.24, 2.45) is 0 Å². The molecule has 146 valence electrons. The minimum Gasteiger partial charge on any atom is -0.494 e. The van der Waals surface area contributed by atoms with Crippen molar-refractivity contribution >= 4 is 17.3 Å². The van der Waals surface area contributed by atoms with Gasteiger partial charge in [0.15, 0.2) is 0 Å². The number of carbonyl (C=O) groups excluding carboxylic acids is 1. The molecule has 0 unspecified atom stereocenters. The van der Waals surface area contributed by atoms with Crippen LogP contribution in [-0.2, 0) is 9.53 Å². The van der Waals surface area contributed by atoms with Crippen LogP contribution in [0.15, 0.2) is 48.5 Å². The number of carbonyl (C=O) groups is 1. The van der Waals surface area contributed by atoms with Crippen molar-refractivity contribution in [1.29, 1.82) is 0 Å². The van der Waals surface area contributed by atoms with Gasteiger partial charge in [-0.05, 0) is 37.6 Å². The SMILES string of the molecule is CCCOc1cccc(NC(=O)CNc2cccc(OCCOCC)c2)c1. The molecular formula is C21H28N2O4. The minimum absolute atomic E-state index is 0.134. The number of nitrogens with one attached hydrogen (secondary N) is 2. The zero-order valence-electron chi connectivity index (χ0n) is 16.0. The molecule has 2 N–H and O–H groups in total. The first-order valence-corrected chi connectivity index (χ1v) is 9.28. The molecule has 0 bridgehead atoms. The van der Waals surface area contributed by atoms with E-state index >= 15 is 0 Å². The van der Waals surface area contributed by atoms with Crippen LogP contribution < -0.4 is 20.1 Å². The Morgan fingerprint density at radius 2 is 1.56 bits per heavy atom. The molecular weight excluding hydrogens is 344 g/mol. The van der Waals surface area contributed by atoms with Crippen molar-refractivity contribution in [2.45, 2.75) is 20.3 Å². The van der Waals surface area contributed by atoms with E-state index in [1.165, 1.54) is 0 Å². The van der Waals surface area contributed by atoms with Crippen molar-refractivity contribution in [3.8, 4) is 11.5 Å². The molecule has 0 spiro atoms. The molecule has 0 heterocycles. The second-order valence-electron chi connectivity index (χ2n) is 5.85. The van der Waals surface area contributed by atoms with Gasteiger partial charge in [-0.15, -0.1) is 0 Å². The van der Waals surface area contributed by atoms with Gasteiger partial charge in [-0.1, -0.05) is 19.1 Å². The maximum absolute atomic E-state index is 12.2. The van der Waals surface area contributed by atoms with Gasteiger partial charge < -0.3 is 24.8 Å². The van der Waals surface area contributed by atoms with E-state index in [1.807, 2.05) is 55.5 Å². The topological polar surface area (TPSA) is 68.8 Å². The van der Waals surface area contributed by atoms with Crippen LogP contribution in [-0.4, -0.2) is 38.9 Å². The van der Waals surface area contributed by atoms with Gasteiger partial charge in [-0.25, -0.2) is 0 Å². The van der Waals surface area contributed by atoms with Crippen LogP contribution in [0.2, 0.25) is 0 Å². The van der Waals surface area contributed by atoms with Gasteiger partial charge in [0, 0.05) is 30.1 Å². The van der Waals surface area contributed by atoms with E-state index in [2.05, 4.69) is 17.6 Å². The van der Waals surface area contributed by atoms with Crippen LogP contribution in [0.3, 0.4) is 0 Å². The van der Waals surface area contributed by atoms with Gasteiger partial charge in [-0.2, -0.15) is 0 Å². The Hall–Kier alpha value is -2.73. The Bertz CT molecular complexity index is 706. The van der Waals surface area contributed by atoms with E-state index < -0.39 is 0 Å². The number of anilines is 2. The maximum atomic E-state index is 12.2. The zero-order chi connectivity index (χ0) is 19.3. The van der Waals surface area contributed by atoms with Gasteiger partial charge in [0.25, 0.3) is 0 Å². The van der Waals surface area contributed by atoms with E-state index in [-0.39, 0.29) is 12.5 Å². The van der Waals surface area contributed by atoms with Crippen LogP contribution in [0.4, 0.5) is 11.4 Å². The summed E-state index contributed by atoms with van der Waals surface area (Å²) < 4.78 is 16.4. The molecule has 6 heteroatoms. The third-order valence-electron chi connectivity index (χ3n) is 3.58. The van der Waals surface area contributed by atoms with E-state index in [1.54, 1.807) is 0 Å². The fourth-order valence-corrected chi connectivity index (χ4v) is 2.33. The summed E-state index contributed by atoms with van der Waals surface area (Å²) in [5, 5.41) is 5.96. The fraction of sp³-hybridized carbons (Fsp3) is 0.381. The van der Waals surface area contributed by atoms with Gasteiger partial charge in [0.05, 0.1) is 19.8 Å². The molecule has 0 atom stereocenters. The molecule has 0 aliphatic rings. The Balaban J connectivity index is 1.79. The smallest absolute Gasteiger partial charge is 0.243 e. The number of rotatable bonds is 12. The summed E-state index contributed by atoms with van der Waals surface area (Å²) in [4.78, 5) is 12.2. The number of ether oxygens (including phenoxy) is 3. The molecule has 27 heavy (non-hydrogen) atoms. The molecule has 0 saturated carbocycles. The normalized spacial score (nSPS) is 10.3. The van der Waals surface area contributed by atoms with Crippen LogP contribution in [0.5, 0.6) is 11.5 Å². The first-order valence-electron chi connectivity index (χ1n) is 9.28. The van der Waals surface area contributed by atoms with Gasteiger partial charge in [0.2, 0.25) is 5.91 Å². The van der Waals surface area contributed by atoms with Crippen LogP contribution in [0.1, 0.15) is 20.3 Å². The molecule has 2 aromatic carbocycles. The quantitative estimate of drug-likeness (QED) is 0.552. The second-order valence-corrected chi connectivity index (χ2v) is 5.85. The molecule has 0 fully saturated rings. The summed E-state index contributed by atoms with van der Waals surface area (Å²) in [6.45, 7) is 6.53. The highest BCUT2D eigenvalue weighted by atomic mass is 16.5. The first kappa shape index (κ1) is 20.6. The van der Waals surface area contributed by atoms with Crippen molar-refractivity contribution in [3.63, 3.8) is 0 Å². The summed E-state index contributed by atoms with van der Waals surface area (Å²) >= 11 is 0. The number of hydrogen-bond acceptors (Lipinski definition) is 5. The van der Waals surface area contributed by atoms with Gasteiger partial charge >= 0.3 is 0 Å². The molecule has 1 amide bonds. The first-order chi connectivity index (χ1) is 13.2. The molecule has 0 radical (unpaired) electrons. The highest BCUT2D eigenvalue weighted by molar-refractivity contribution is 5.93. The number of hydrogen-bond donors (Lipinski definition) is 2. The monoisotopic (exact) mass is 372 g/mol. The Labute approximate surface area is 160 Å². The predicted molar refractivity (Wildman–Crippen MR) is 108 cm³/mol. The highest BCUT2D eigenvalue weighted by Gasteiger charge is 2.04. The van der Waals surface area contributed by atoms with E-state index in [0.717, 1.165) is 23.6 Å². The summed E-state index contributed by atoms with van der Waals surface area (Å²) in [6, 6.07) is 14.9. The zero-order valence-corrected chi connectivity index (χ0v) is 16.0. The predicted octanol–water partition coefficient (Wildman–Crippen LogP) is 3.94. The largest absolute Gasteiger partial charge is 0.494 e. The van der Waals surface area contributed by atoms with Crippen molar-refractivity contribution < 1.29 is 19.0 Å². The van der Waals surface area contributed by atoms with Crippen molar-refractivity contribution in [3.05, 3.63) is 48.5 Å². The molecule has 2 aromatic rings. The Morgan fingerprint density at radius 3 is 2.26 bits per heavy atom. The molecule has 2 rings (SSSR count). The van der Waals surface area contributed by atoms with E-state index in [4.69, 9.17) is 14.2 Å². The van der Waals surface area contributed by atoms with Gasteiger partial charge in [0.1, 0.15) is 18.1 Å². The van der Waals surface area contributed by atoms with Crippen molar-refractivity contribution in [1.82, 2.24) is 0 Å². The van der Waals surface area contributed by atoms with Gasteiger partial charge in [-0.3, -0.25) is 4.79 Å². The third-order valence-corrected chi connectivity index (χ3v) is 3.58. The lowest BCUT2D eigenvalue weighted by Gasteiger charge is -2.11. The van der Waals surface area contributed by atoms with Crippen LogP contribution >= 0.6 is 0 Å². The molecule has 6 nitrogen and oxygen atoms in total. The highest BCUT2D eigenvalue weighted by Crippen LogP contribution is 2.19. The second kappa shape index (κ2) is 11.8. The van der Waals surface area contributed by atoms with E-state index in [9.17, 15) is 4.79 Å². The number of amides is 1. The Morgan fingerprint density at radius 1 is 0.889 bits per heavy atom. The van der Waals surface area contributed by atoms with Crippen LogP contribution in [0.25, 0.3) is 0 Å². The molecule has 0 aliphatic carbocycles. The standard InChI is InChI=1S/C21H28N2O4/c1-3-11-26-20-10-6-8-18(15-20)23-21(24)16-22-17-7-5-9-19(14-17)27-13-12-25-4-2/h5-10,14-15,22H,3-4,11-13,16H2,1-2H3,(H,23,24). The summed E-state index contributed by atoms with van der Waals surface area (Å²) in [6.07, 6.45) is 0.939. The lowest BCUT2D eigenvalue weighted by atomic mass is 10.3. The number of benzene rings is 2. The van der Waals surface area contributed by atoms with Crippen molar-refractivity contribution in [2.75, 3.05) is 43.6 Å². The molecule has 0 aromatic heterocycles. The average Bonchev–Trinajstić information content (AvgIpc) is 2.69. The summed E-state index contributed by atoms with van der Waals surface area (Å²) in [5.41, 5.74) is 1.53. The summed E-state index contributed by atoms with van der Waals surface area (Å²) in [5.74, 6) is 1.35.